The molecule has 1 fully saturated rings. The lowest BCUT2D eigenvalue weighted by atomic mass is 9.92. The van der Waals surface area contributed by atoms with E-state index < -0.39 is 0 Å². The number of rotatable bonds is 5. The first kappa shape index (κ1) is 13.0. The Kier molecular flexibility index (Phi) is 4.75. The maximum Gasteiger partial charge on any atom is 0.240 e. The molecule has 0 aromatic rings. The summed E-state index contributed by atoms with van der Waals surface area (Å²) in [5.74, 6) is 0.0644. The fraction of sp³-hybridized carbons (Fsp3) is 0.833. The minimum absolute atomic E-state index is 0.0108. The smallest absolute Gasteiger partial charge is 0.240 e. The fourth-order valence-electron chi connectivity index (χ4n) is 2.19. The Morgan fingerprint density at radius 2 is 2.38 bits per heavy atom. The molecular weight excluding hydrogens is 202 g/mol. The molecule has 1 heterocycles. The summed E-state index contributed by atoms with van der Waals surface area (Å²) in [6.07, 6.45) is 3.96. The third-order valence-electron chi connectivity index (χ3n) is 3.45. The molecular formula is C12H21N3O. The van der Waals surface area contributed by atoms with Gasteiger partial charge >= 0.3 is 0 Å². The normalized spacial score (nSPS) is 26.1. The first-order valence-electron chi connectivity index (χ1n) is 6.11. The van der Waals surface area contributed by atoms with Crippen molar-refractivity contribution in [1.82, 2.24) is 10.6 Å². The third-order valence-corrected chi connectivity index (χ3v) is 3.45. The second-order valence-electron chi connectivity index (χ2n) is 4.41. The van der Waals surface area contributed by atoms with Crippen molar-refractivity contribution in [3.8, 4) is 6.07 Å². The summed E-state index contributed by atoms with van der Waals surface area (Å²) in [4.78, 5) is 12.2. The number of nitrogens with zero attached hydrogens (tertiary/aromatic N) is 1. The van der Waals surface area contributed by atoms with Crippen molar-refractivity contribution < 1.29 is 4.79 Å². The van der Waals surface area contributed by atoms with Gasteiger partial charge in [-0.2, -0.15) is 5.26 Å². The Morgan fingerprint density at radius 1 is 1.62 bits per heavy atom. The second-order valence-corrected chi connectivity index (χ2v) is 4.41. The van der Waals surface area contributed by atoms with Crippen molar-refractivity contribution in [2.45, 2.75) is 57.5 Å². The van der Waals surface area contributed by atoms with E-state index in [-0.39, 0.29) is 17.5 Å². The van der Waals surface area contributed by atoms with Crippen molar-refractivity contribution in [1.29, 1.82) is 5.26 Å². The number of amides is 1. The molecule has 0 spiro atoms. The molecule has 1 aliphatic rings. The van der Waals surface area contributed by atoms with E-state index in [9.17, 15) is 4.79 Å². The van der Waals surface area contributed by atoms with Crippen LogP contribution in [-0.4, -0.2) is 24.0 Å². The summed E-state index contributed by atoms with van der Waals surface area (Å²) >= 11 is 0. The molecule has 1 saturated heterocycles. The monoisotopic (exact) mass is 223 g/mol. The minimum Gasteiger partial charge on any atom is -0.351 e. The topological polar surface area (TPSA) is 64.9 Å². The fourth-order valence-corrected chi connectivity index (χ4v) is 2.19. The summed E-state index contributed by atoms with van der Waals surface area (Å²) < 4.78 is 0. The van der Waals surface area contributed by atoms with Crippen LogP contribution in [0.25, 0.3) is 0 Å². The van der Waals surface area contributed by atoms with Gasteiger partial charge in [0.15, 0.2) is 0 Å². The lowest BCUT2D eigenvalue weighted by molar-refractivity contribution is -0.128. The zero-order chi connectivity index (χ0) is 12.0. The summed E-state index contributed by atoms with van der Waals surface area (Å²) in [5, 5.41) is 14.9. The van der Waals surface area contributed by atoms with Crippen molar-refractivity contribution in [2.75, 3.05) is 6.54 Å². The Bertz CT molecular complexity index is 276. The lowest BCUT2D eigenvalue weighted by Gasteiger charge is -2.28. The Hall–Kier alpha value is -1.08. The SMILES string of the molecule is CCC(CC#N)NC(=O)C1(CC)CCCN1. The molecule has 0 aliphatic carbocycles. The van der Waals surface area contributed by atoms with Gasteiger partial charge < -0.3 is 10.6 Å². The number of hydrogen-bond acceptors (Lipinski definition) is 3. The molecule has 1 aliphatic heterocycles. The van der Waals surface area contributed by atoms with Crippen molar-refractivity contribution >= 4 is 5.91 Å². The van der Waals surface area contributed by atoms with E-state index in [1.54, 1.807) is 0 Å². The highest BCUT2D eigenvalue weighted by molar-refractivity contribution is 5.86. The van der Waals surface area contributed by atoms with Crippen molar-refractivity contribution in [2.24, 2.45) is 0 Å². The van der Waals surface area contributed by atoms with Crippen LogP contribution >= 0.6 is 0 Å². The van der Waals surface area contributed by atoms with Gasteiger partial charge in [-0.1, -0.05) is 13.8 Å². The molecule has 2 unspecified atom stereocenters. The summed E-state index contributed by atoms with van der Waals surface area (Å²) in [6.45, 7) is 4.93. The van der Waals surface area contributed by atoms with E-state index in [4.69, 9.17) is 5.26 Å². The highest BCUT2D eigenvalue weighted by Crippen LogP contribution is 2.23. The van der Waals surface area contributed by atoms with Gasteiger partial charge in [0, 0.05) is 6.04 Å². The van der Waals surface area contributed by atoms with Crippen LogP contribution in [0.15, 0.2) is 0 Å². The quantitative estimate of drug-likeness (QED) is 0.739. The summed E-state index contributed by atoms with van der Waals surface area (Å²) in [7, 11) is 0. The maximum absolute atomic E-state index is 12.2. The van der Waals surface area contributed by atoms with Crippen LogP contribution in [0.2, 0.25) is 0 Å². The molecule has 2 N–H and O–H groups in total. The van der Waals surface area contributed by atoms with E-state index in [0.717, 1.165) is 32.2 Å². The predicted molar refractivity (Wildman–Crippen MR) is 62.7 cm³/mol. The van der Waals surface area contributed by atoms with E-state index in [1.807, 2.05) is 13.8 Å². The van der Waals surface area contributed by atoms with Gasteiger partial charge in [-0.15, -0.1) is 0 Å². The highest BCUT2D eigenvalue weighted by atomic mass is 16.2. The molecule has 2 atom stereocenters. The van der Waals surface area contributed by atoms with Gasteiger partial charge in [0.1, 0.15) is 0 Å². The van der Waals surface area contributed by atoms with Gasteiger partial charge in [0.25, 0.3) is 0 Å². The number of nitriles is 1. The second kappa shape index (κ2) is 5.86. The molecule has 4 heteroatoms. The van der Waals surface area contributed by atoms with Crippen LogP contribution < -0.4 is 10.6 Å². The highest BCUT2D eigenvalue weighted by Gasteiger charge is 2.39. The zero-order valence-corrected chi connectivity index (χ0v) is 10.2. The molecule has 1 rings (SSSR count). The van der Waals surface area contributed by atoms with Crippen LogP contribution in [-0.2, 0) is 4.79 Å². The average Bonchev–Trinajstić information content (AvgIpc) is 2.78. The largest absolute Gasteiger partial charge is 0.351 e. The molecule has 0 aromatic carbocycles. The Balaban J connectivity index is 2.59. The predicted octanol–water partition coefficient (Wildman–Crippen LogP) is 1.33. The summed E-state index contributed by atoms with van der Waals surface area (Å²) in [6, 6.07) is 2.10. The van der Waals surface area contributed by atoms with Gasteiger partial charge in [0.05, 0.1) is 18.0 Å². The number of hydrogen-bond donors (Lipinski definition) is 2. The van der Waals surface area contributed by atoms with Crippen LogP contribution in [0.4, 0.5) is 0 Å². The van der Waals surface area contributed by atoms with Crippen LogP contribution in [0.1, 0.15) is 46.0 Å². The first-order chi connectivity index (χ1) is 7.68. The first-order valence-corrected chi connectivity index (χ1v) is 6.11. The molecule has 0 aromatic heterocycles. The molecule has 0 radical (unpaired) electrons. The van der Waals surface area contributed by atoms with Gasteiger partial charge in [0.2, 0.25) is 5.91 Å². The number of nitrogens with one attached hydrogen (secondary N) is 2. The summed E-state index contributed by atoms with van der Waals surface area (Å²) in [5.41, 5.74) is -0.386. The van der Waals surface area contributed by atoms with E-state index >= 15 is 0 Å². The maximum atomic E-state index is 12.2. The number of carbonyl (C=O) groups excluding carboxylic acids is 1. The van der Waals surface area contributed by atoms with Crippen LogP contribution in [0, 0.1) is 11.3 Å². The zero-order valence-electron chi connectivity index (χ0n) is 10.2. The Morgan fingerprint density at radius 3 is 2.81 bits per heavy atom. The van der Waals surface area contributed by atoms with Crippen LogP contribution in [0.3, 0.4) is 0 Å². The molecule has 0 saturated carbocycles. The average molecular weight is 223 g/mol. The van der Waals surface area contributed by atoms with Crippen LogP contribution in [0.5, 0.6) is 0 Å². The Labute approximate surface area is 97.4 Å². The minimum atomic E-state index is -0.386. The molecule has 90 valence electrons. The van der Waals surface area contributed by atoms with Gasteiger partial charge in [-0.3, -0.25) is 4.79 Å². The molecule has 16 heavy (non-hydrogen) atoms. The standard InChI is InChI=1S/C12H21N3O/c1-3-10(6-8-13)15-11(16)12(4-2)7-5-9-14-12/h10,14H,3-7,9H2,1-2H3,(H,15,16). The van der Waals surface area contributed by atoms with E-state index in [2.05, 4.69) is 16.7 Å². The molecule has 0 bridgehead atoms. The van der Waals surface area contributed by atoms with E-state index in [1.165, 1.54) is 0 Å². The van der Waals surface area contributed by atoms with E-state index in [0.29, 0.717) is 6.42 Å². The molecule has 4 nitrogen and oxygen atoms in total. The molecule has 1 amide bonds. The third kappa shape index (κ3) is 2.73. The number of carbonyl (C=O) groups is 1. The van der Waals surface area contributed by atoms with Crippen molar-refractivity contribution in [3.05, 3.63) is 0 Å². The van der Waals surface area contributed by atoms with Gasteiger partial charge in [-0.25, -0.2) is 0 Å². The van der Waals surface area contributed by atoms with Gasteiger partial charge in [-0.05, 0) is 32.2 Å². The lowest BCUT2D eigenvalue weighted by Crippen LogP contribution is -2.55. The van der Waals surface area contributed by atoms with Crippen molar-refractivity contribution in [3.63, 3.8) is 0 Å².